The van der Waals surface area contributed by atoms with Gasteiger partial charge in [0.05, 0.1) is 11.6 Å². The number of esters is 1. The van der Waals surface area contributed by atoms with Crippen molar-refractivity contribution in [2.24, 2.45) is 5.92 Å². The number of hydrogen-bond acceptors (Lipinski definition) is 4. The fourth-order valence-corrected chi connectivity index (χ4v) is 2.50. The average Bonchev–Trinajstić information content (AvgIpc) is 2.85. The second kappa shape index (κ2) is 7.16. The Hall–Kier alpha value is -2.51. The Morgan fingerprint density at radius 1 is 1.32 bits per heavy atom. The van der Waals surface area contributed by atoms with E-state index in [1.54, 1.807) is 20.8 Å². The van der Waals surface area contributed by atoms with Crippen LogP contribution in [0, 0.1) is 17.6 Å². The summed E-state index contributed by atoms with van der Waals surface area (Å²) in [4.78, 5) is 36.9. The highest BCUT2D eigenvalue weighted by Gasteiger charge is 2.36. The molecule has 0 spiro atoms. The maximum Gasteiger partial charge on any atom is 0.325 e. The van der Waals surface area contributed by atoms with Crippen molar-refractivity contribution in [1.29, 1.82) is 0 Å². The number of amides is 2. The summed E-state index contributed by atoms with van der Waals surface area (Å²) in [6.07, 6.45) is -0.114. The van der Waals surface area contributed by atoms with Gasteiger partial charge >= 0.3 is 5.97 Å². The quantitative estimate of drug-likeness (QED) is 0.837. The molecule has 2 rings (SSSR count). The molecule has 1 aliphatic heterocycles. The van der Waals surface area contributed by atoms with Crippen molar-refractivity contribution >= 4 is 23.5 Å². The van der Waals surface area contributed by atoms with Crippen molar-refractivity contribution in [3.8, 4) is 0 Å². The molecule has 0 aromatic heterocycles. The van der Waals surface area contributed by atoms with E-state index in [0.29, 0.717) is 6.07 Å². The first-order valence-electron chi connectivity index (χ1n) is 7.82. The molecule has 1 saturated heterocycles. The smallest absolute Gasteiger partial charge is 0.325 e. The van der Waals surface area contributed by atoms with Gasteiger partial charge in [-0.1, -0.05) is 0 Å². The molecule has 1 fully saturated rings. The van der Waals surface area contributed by atoms with Gasteiger partial charge in [-0.2, -0.15) is 0 Å². The Labute approximate surface area is 144 Å². The van der Waals surface area contributed by atoms with Crippen LogP contribution >= 0.6 is 0 Å². The summed E-state index contributed by atoms with van der Waals surface area (Å²) >= 11 is 0. The molecule has 1 heterocycles. The highest BCUT2D eigenvalue weighted by Crippen LogP contribution is 2.28. The van der Waals surface area contributed by atoms with Crippen molar-refractivity contribution < 1.29 is 27.9 Å². The molecule has 0 saturated carbocycles. The van der Waals surface area contributed by atoms with E-state index in [-0.39, 0.29) is 25.2 Å². The molecule has 8 heteroatoms. The molecule has 1 N–H and O–H groups in total. The maximum absolute atomic E-state index is 13.8. The van der Waals surface area contributed by atoms with E-state index in [1.807, 2.05) is 0 Å². The van der Waals surface area contributed by atoms with Gasteiger partial charge in [0.25, 0.3) is 0 Å². The highest BCUT2D eigenvalue weighted by molar-refractivity contribution is 6.00. The van der Waals surface area contributed by atoms with Crippen LogP contribution in [0.4, 0.5) is 14.5 Å². The van der Waals surface area contributed by atoms with Crippen molar-refractivity contribution in [2.75, 3.05) is 18.0 Å². The number of ether oxygens (including phenoxy) is 1. The number of anilines is 1. The lowest BCUT2D eigenvalue weighted by molar-refractivity contribution is -0.154. The van der Waals surface area contributed by atoms with E-state index in [4.69, 9.17) is 4.74 Å². The molecule has 1 unspecified atom stereocenters. The first-order valence-corrected chi connectivity index (χ1v) is 7.82. The molecule has 1 atom stereocenters. The molecule has 1 aliphatic rings. The zero-order valence-electron chi connectivity index (χ0n) is 14.3. The van der Waals surface area contributed by atoms with Gasteiger partial charge < -0.3 is 15.0 Å². The van der Waals surface area contributed by atoms with Crippen molar-refractivity contribution in [1.82, 2.24) is 5.32 Å². The van der Waals surface area contributed by atoms with Crippen LogP contribution in [0.3, 0.4) is 0 Å². The van der Waals surface area contributed by atoms with Crippen molar-refractivity contribution in [3.63, 3.8) is 0 Å². The Morgan fingerprint density at radius 2 is 2.00 bits per heavy atom. The molecule has 25 heavy (non-hydrogen) atoms. The normalized spacial score (nSPS) is 17.6. The summed E-state index contributed by atoms with van der Waals surface area (Å²) in [6.45, 7) is 4.76. The fourth-order valence-electron chi connectivity index (χ4n) is 2.50. The van der Waals surface area contributed by atoms with Crippen molar-refractivity contribution in [2.45, 2.75) is 32.8 Å². The molecule has 136 valence electrons. The summed E-state index contributed by atoms with van der Waals surface area (Å²) in [6, 6.07) is 2.88. The van der Waals surface area contributed by atoms with E-state index >= 15 is 0 Å². The van der Waals surface area contributed by atoms with Crippen LogP contribution in [0.2, 0.25) is 0 Å². The number of nitrogens with zero attached hydrogens (tertiary/aromatic N) is 1. The van der Waals surface area contributed by atoms with Gasteiger partial charge in [0.2, 0.25) is 11.8 Å². The predicted octanol–water partition coefficient (Wildman–Crippen LogP) is 1.78. The van der Waals surface area contributed by atoms with Crippen LogP contribution < -0.4 is 10.2 Å². The summed E-state index contributed by atoms with van der Waals surface area (Å²) in [7, 11) is 0. The van der Waals surface area contributed by atoms with Crippen LogP contribution in [0.1, 0.15) is 27.2 Å². The predicted molar refractivity (Wildman–Crippen MR) is 85.7 cm³/mol. The van der Waals surface area contributed by atoms with Gasteiger partial charge in [-0.05, 0) is 32.9 Å². The number of nitrogens with one attached hydrogen (secondary N) is 1. The first kappa shape index (κ1) is 18.8. The highest BCUT2D eigenvalue weighted by atomic mass is 19.1. The van der Waals surface area contributed by atoms with E-state index in [9.17, 15) is 23.2 Å². The molecule has 2 amide bonds. The molecule has 0 aliphatic carbocycles. The lowest BCUT2D eigenvalue weighted by Gasteiger charge is -2.20. The van der Waals surface area contributed by atoms with Crippen LogP contribution in [0.15, 0.2) is 18.2 Å². The van der Waals surface area contributed by atoms with Gasteiger partial charge in [-0.3, -0.25) is 14.4 Å². The van der Waals surface area contributed by atoms with Gasteiger partial charge in [-0.15, -0.1) is 0 Å². The number of hydrogen-bond donors (Lipinski definition) is 1. The Morgan fingerprint density at radius 3 is 2.60 bits per heavy atom. The van der Waals surface area contributed by atoms with Gasteiger partial charge in [0.15, 0.2) is 0 Å². The zero-order chi connectivity index (χ0) is 18.8. The number of carbonyl (C=O) groups excluding carboxylic acids is 3. The standard InChI is InChI=1S/C17H20F2N2O4/c1-17(2,3)25-15(23)8-20-16(24)10-6-14(22)21(9-10)13-5-4-11(18)7-12(13)19/h4-5,7,10H,6,8-9H2,1-3H3,(H,20,24). The minimum absolute atomic E-state index is 0.0401. The van der Waals surface area contributed by atoms with E-state index < -0.39 is 40.9 Å². The van der Waals surface area contributed by atoms with E-state index in [2.05, 4.69) is 5.32 Å². The van der Waals surface area contributed by atoms with E-state index in [1.165, 1.54) is 0 Å². The van der Waals surface area contributed by atoms with Gasteiger partial charge in [0.1, 0.15) is 23.8 Å². The molecule has 0 bridgehead atoms. The Kier molecular flexibility index (Phi) is 5.39. The molecular formula is C17H20F2N2O4. The Bertz CT molecular complexity index is 700. The lowest BCUT2D eigenvalue weighted by Crippen LogP contribution is -2.38. The first-order chi connectivity index (χ1) is 11.6. The third kappa shape index (κ3) is 4.98. The maximum atomic E-state index is 13.8. The number of halogens is 2. The monoisotopic (exact) mass is 354 g/mol. The second-order valence-electron chi connectivity index (χ2n) is 6.81. The van der Waals surface area contributed by atoms with Gasteiger partial charge in [0, 0.05) is 19.0 Å². The lowest BCUT2D eigenvalue weighted by atomic mass is 10.1. The number of rotatable bonds is 4. The zero-order valence-corrected chi connectivity index (χ0v) is 14.3. The summed E-state index contributed by atoms with van der Waals surface area (Å²) < 4.78 is 31.9. The molecule has 0 radical (unpaired) electrons. The fraction of sp³-hybridized carbons (Fsp3) is 0.471. The van der Waals surface area contributed by atoms with Gasteiger partial charge in [-0.25, -0.2) is 8.78 Å². The third-order valence-electron chi connectivity index (χ3n) is 3.52. The second-order valence-corrected chi connectivity index (χ2v) is 6.81. The largest absolute Gasteiger partial charge is 0.459 e. The number of benzene rings is 1. The topological polar surface area (TPSA) is 75.7 Å². The SMILES string of the molecule is CC(C)(C)OC(=O)CNC(=O)C1CC(=O)N(c2ccc(F)cc2F)C1. The average molecular weight is 354 g/mol. The molecular weight excluding hydrogens is 334 g/mol. The minimum atomic E-state index is -0.872. The number of carbonyl (C=O) groups is 3. The van der Waals surface area contributed by atoms with Crippen LogP contribution in [0.5, 0.6) is 0 Å². The Balaban J connectivity index is 1.95. The summed E-state index contributed by atoms with van der Waals surface area (Å²) in [5.41, 5.74) is -0.740. The summed E-state index contributed by atoms with van der Waals surface area (Å²) in [5, 5.41) is 2.42. The van der Waals surface area contributed by atoms with E-state index in [0.717, 1.165) is 17.0 Å². The van der Waals surface area contributed by atoms with Crippen LogP contribution in [-0.4, -0.2) is 36.5 Å². The van der Waals surface area contributed by atoms with Crippen molar-refractivity contribution in [3.05, 3.63) is 29.8 Å². The van der Waals surface area contributed by atoms with Crippen LogP contribution in [0.25, 0.3) is 0 Å². The third-order valence-corrected chi connectivity index (χ3v) is 3.52. The van der Waals surface area contributed by atoms with Crippen LogP contribution in [-0.2, 0) is 19.1 Å². The minimum Gasteiger partial charge on any atom is -0.459 e. The molecule has 1 aromatic carbocycles. The summed E-state index contributed by atoms with van der Waals surface area (Å²) in [5.74, 6) is -3.87. The molecule has 6 nitrogen and oxygen atoms in total. The molecule has 1 aromatic rings.